The zero-order chi connectivity index (χ0) is 11.9. The van der Waals surface area contributed by atoms with Gasteiger partial charge in [0.15, 0.2) is 0 Å². The normalized spacial score (nSPS) is 22.7. The lowest BCUT2D eigenvalue weighted by molar-refractivity contribution is 0.0238. The van der Waals surface area contributed by atoms with Crippen LogP contribution in [0.2, 0.25) is 0 Å². The van der Waals surface area contributed by atoms with Gasteiger partial charge in [-0.15, -0.1) is 0 Å². The van der Waals surface area contributed by atoms with E-state index in [0.717, 1.165) is 32.5 Å². The summed E-state index contributed by atoms with van der Waals surface area (Å²) >= 11 is 0. The Bertz CT molecular complexity index is 177. The largest absolute Gasteiger partial charge is 0.389 e. The molecule has 1 saturated carbocycles. The van der Waals surface area contributed by atoms with Gasteiger partial charge in [0.2, 0.25) is 0 Å². The van der Waals surface area contributed by atoms with E-state index in [2.05, 4.69) is 12.2 Å². The summed E-state index contributed by atoms with van der Waals surface area (Å²) in [5, 5.41) is 13.8. The molecule has 1 aliphatic rings. The second-order valence-electron chi connectivity index (χ2n) is 5.33. The Morgan fingerprint density at radius 1 is 1.25 bits per heavy atom. The van der Waals surface area contributed by atoms with Crippen molar-refractivity contribution in [3.8, 4) is 0 Å². The van der Waals surface area contributed by atoms with E-state index in [1.54, 1.807) is 7.11 Å². The fourth-order valence-corrected chi connectivity index (χ4v) is 2.46. The standard InChI is InChI=1S/C13H27NO2/c1-12(10-16-2)9-14-11-13(15)7-5-3-4-6-8-13/h12,14-15H,3-11H2,1-2H3. The molecule has 0 heterocycles. The molecule has 0 radical (unpaired) electrons. The van der Waals surface area contributed by atoms with Crippen molar-refractivity contribution in [3.05, 3.63) is 0 Å². The number of nitrogens with one attached hydrogen (secondary N) is 1. The zero-order valence-electron chi connectivity index (χ0n) is 10.8. The van der Waals surface area contributed by atoms with Crippen LogP contribution >= 0.6 is 0 Å². The fraction of sp³-hybridized carbons (Fsp3) is 1.00. The summed E-state index contributed by atoms with van der Waals surface area (Å²) < 4.78 is 5.09. The van der Waals surface area contributed by atoms with Crippen molar-refractivity contribution in [2.24, 2.45) is 5.92 Å². The highest BCUT2D eigenvalue weighted by molar-refractivity contribution is 4.83. The number of aliphatic hydroxyl groups is 1. The second kappa shape index (κ2) is 7.25. The van der Waals surface area contributed by atoms with E-state index >= 15 is 0 Å². The van der Waals surface area contributed by atoms with Crippen molar-refractivity contribution in [1.82, 2.24) is 5.32 Å². The third-order valence-corrected chi connectivity index (χ3v) is 3.43. The van der Waals surface area contributed by atoms with Crippen molar-refractivity contribution >= 4 is 0 Å². The van der Waals surface area contributed by atoms with Crippen LogP contribution in [0.1, 0.15) is 45.4 Å². The van der Waals surface area contributed by atoms with Gasteiger partial charge in [0.05, 0.1) is 5.60 Å². The Balaban J connectivity index is 2.19. The van der Waals surface area contributed by atoms with Gasteiger partial charge in [-0.1, -0.05) is 32.6 Å². The summed E-state index contributed by atoms with van der Waals surface area (Å²) in [5.41, 5.74) is -0.455. The maximum atomic E-state index is 10.4. The summed E-state index contributed by atoms with van der Waals surface area (Å²) in [6.07, 6.45) is 6.82. The molecule has 0 aromatic rings. The second-order valence-corrected chi connectivity index (χ2v) is 5.33. The summed E-state index contributed by atoms with van der Waals surface area (Å²) in [5.74, 6) is 0.513. The minimum atomic E-state index is -0.455. The van der Waals surface area contributed by atoms with Crippen LogP contribution in [0, 0.1) is 5.92 Å². The van der Waals surface area contributed by atoms with Crippen molar-refractivity contribution < 1.29 is 9.84 Å². The molecule has 3 nitrogen and oxygen atoms in total. The molecule has 0 saturated heterocycles. The van der Waals surface area contributed by atoms with Crippen LogP contribution in [-0.4, -0.2) is 37.5 Å². The first-order valence-corrected chi connectivity index (χ1v) is 6.58. The Hall–Kier alpha value is -0.120. The van der Waals surface area contributed by atoms with Crippen LogP contribution in [0.25, 0.3) is 0 Å². The molecule has 1 aliphatic carbocycles. The monoisotopic (exact) mass is 229 g/mol. The number of rotatable bonds is 6. The van der Waals surface area contributed by atoms with E-state index in [1.807, 2.05) is 0 Å². The van der Waals surface area contributed by atoms with E-state index in [4.69, 9.17) is 4.74 Å². The van der Waals surface area contributed by atoms with Gasteiger partial charge in [-0.05, 0) is 18.8 Å². The van der Waals surface area contributed by atoms with Crippen LogP contribution in [-0.2, 0) is 4.74 Å². The van der Waals surface area contributed by atoms with E-state index in [9.17, 15) is 5.11 Å². The molecule has 0 aliphatic heterocycles. The van der Waals surface area contributed by atoms with Gasteiger partial charge in [0.25, 0.3) is 0 Å². The number of ether oxygens (including phenoxy) is 1. The molecular formula is C13H27NO2. The predicted octanol–water partition coefficient (Wildman–Crippen LogP) is 1.94. The van der Waals surface area contributed by atoms with Gasteiger partial charge in [0.1, 0.15) is 0 Å². The SMILES string of the molecule is COCC(C)CNCC1(O)CCCCCC1. The Morgan fingerprint density at radius 3 is 2.44 bits per heavy atom. The highest BCUT2D eigenvalue weighted by Crippen LogP contribution is 2.26. The molecule has 0 amide bonds. The summed E-state index contributed by atoms with van der Waals surface area (Å²) in [6, 6.07) is 0. The Labute approximate surface area is 99.6 Å². The summed E-state index contributed by atoms with van der Waals surface area (Å²) in [7, 11) is 1.73. The molecule has 3 heteroatoms. The molecule has 1 unspecified atom stereocenters. The highest BCUT2D eigenvalue weighted by atomic mass is 16.5. The third-order valence-electron chi connectivity index (χ3n) is 3.43. The first-order valence-electron chi connectivity index (χ1n) is 6.58. The quantitative estimate of drug-likeness (QED) is 0.684. The first kappa shape index (κ1) is 13.9. The van der Waals surface area contributed by atoms with Gasteiger partial charge < -0.3 is 15.2 Å². The lowest BCUT2D eigenvalue weighted by Crippen LogP contribution is -2.41. The minimum Gasteiger partial charge on any atom is -0.389 e. The maximum Gasteiger partial charge on any atom is 0.0771 e. The van der Waals surface area contributed by atoms with Gasteiger partial charge >= 0.3 is 0 Å². The zero-order valence-corrected chi connectivity index (χ0v) is 10.8. The number of methoxy groups -OCH3 is 1. The molecule has 1 atom stereocenters. The van der Waals surface area contributed by atoms with Crippen LogP contribution in [0.3, 0.4) is 0 Å². The summed E-state index contributed by atoms with van der Waals surface area (Å²) in [6.45, 7) is 4.61. The molecule has 0 spiro atoms. The minimum absolute atomic E-state index is 0.455. The van der Waals surface area contributed by atoms with Gasteiger partial charge in [-0.2, -0.15) is 0 Å². The van der Waals surface area contributed by atoms with Crippen molar-refractivity contribution in [1.29, 1.82) is 0 Å². The lowest BCUT2D eigenvalue weighted by atomic mass is 9.94. The van der Waals surface area contributed by atoms with Crippen molar-refractivity contribution in [2.75, 3.05) is 26.8 Å². The molecular weight excluding hydrogens is 202 g/mol. The van der Waals surface area contributed by atoms with E-state index in [1.165, 1.54) is 25.7 Å². The summed E-state index contributed by atoms with van der Waals surface area (Å²) in [4.78, 5) is 0. The van der Waals surface area contributed by atoms with Crippen molar-refractivity contribution in [2.45, 2.75) is 51.0 Å². The molecule has 16 heavy (non-hydrogen) atoms. The average molecular weight is 229 g/mol. The molecule has 1 rings (SSSR count). The molecule has 1 fully saturated rings. The van der Waals surface area contributed by atoms with Gasteiger partial charge in [-0.25, -0.2) is 0 Å². The van der Waals surface area contributed by atoms with Crippen molar-refractivity contribution in [3.63, 3.8) is 0 Å². The highest BCUT2D eigenvalue weighted by Gasteiger charge is 2.27. The number of hydrogen-bond donors (Lipinski definition) is 2. The molecule has 0 bridgehead atoms. The molecule has 2 N–H and O–H groups in total. The van der Waals surface area contributed by atoms with Gasteiger partial charge in [-0.3, -0.25) is 0 Å². The Kier molecular flexibility index (Phi) is 6.32. The van der Waals surface area contributed by atoms with Crippen LogP contribution in [0.4, 0.5) is 0 Å². The smallest absolute Gasteiger partial charge is 0.0771 e. The van der Waals surface area contributed by atoms with Crippen LogP contribution < -0.4 is 5.32 Å². The third kappa shape index (κ3) is 5.28. The molecule has 96 valence electrons. The van der Waals surface area contributed by atoms with E-state index in [-0.39, 0.29) is 0 Å². The van der Waals surface area contributed by atoms with E-state index < -0.39 is 5.60 Å². The van der Waals surface area contributed by atoms with Crippen LogP contribution in [0.15, 0.2) is 0 Å². The predicted molar refractivity (Wildman–Crippen MR) is 66.6 cm³/mol. The fourth-order valence-electron chi connectivity index (χ4n) is 2.46. The lowest BCUT2D eigenvalue weighted by Gasteiger charge is -2.27. The maximum absolute atomic E-state index is 10.4. The number of hydrogen-bond acceptors (Lipinski definition) is 3. The molecule has 0 aromatic heterocycles. The average Bonchev–Trinajstić information content (AvgIpc) is 2.44. The Morgan fingerprint density at radius 2 is 1.88 bits per heavy atom. The van der Waals surface area contributed by atoms with E-state index in [0.29, 0.717) is 5.92 Å². The van der Waals surface area contributed by atoms with Crippen LogP contribution in [0.5, 0.6) is 0 Å². The van der Waals surface area contributed by atoms with Gasteiger partial charge in [0, 0.05) is 26.8 Å². The topological polar surface area (TPSA) is 41.5 Å². The first-order chi connectivity index (χ1) is 7.66. The molecule has 0 aromatic carbocycles.